The molecule has 76 valence electrons. The Morgan fingerprint density at radius 2 is 2.00 bits per heavy atom. The molecule has 0 aliphatic rings. The molecule has 1 aromatic rings. The highest BCUT2D eigenvalue weighted by molar-refractivity contribution is 5.92. The van der Waals surface area contributed by atoms with Crippen molar-refractivity contribution in [1.29, 1.82) is 0 Å². The summed E-state index contributed by atoms with van der Waals surface area (Å²) in [6.07, 6.45) is 0. The lowest BCUT2D eigenvalue weighted by Crippen LogP contribution is -2.06. The number of hydrogen-bond acceptors (Lipinski definition) is 3. The van der Waals surface area contributed by atoms with Gasteiger partial charge in [0.1, 0.15) is 11.3 Å². The fraction of sp³-hybridized carbons (Fsp3) is 0.222. The lowest BCUT2D eigenvalue weighted by atomic mass is 10.2. The molecule has 0 spiro atoms. The number of carbonyl (C=O) groups is 1. The smallest absolute Gasteiger partial charge is 0.342 e. The number of ether oxygens (including phenoxy) is 1. The Morgan fingerprint density at radius 1 is 1.43 bits per heavy atom. The summed E-state index contributed by atoms with van der Waals surface area (Å²) in [6.45, 7) is 1.66. The van der Waals surface area contributed by atoms with E-state index in [1.54, 1.807) is 6.92 Å². The molecule has 1 aromatic carbocycles. The van der Waals surface area contributed by atoms with E-state index in [2.05, 4.69) is 4.74 Å². The summed E-state index contributed by atoms with van der Waals surface area (Å²) < 4.78 is 29.7. The van der Waals surface area contributed by atoms with Gasteiger partial charge in [0.2, 0.25) is 0 Å². The molecule has 0 unspecified atom stereocenters. The second-order valence-corrected chi connectivity index (χ2v) is 2.50. The summed E-state index contributed by atoms with van der Waals surface area (Å²) in [5.74, 6) is -3.94. The van der Waals surface area contributed by atoms with Crippen LogP contribution in [0.4, 0.5) is 8.78 Å². The first-order chi connectivity index (χ1) is 6.56. The molecule has 0 amide bonds. The predicted octanol–water partition coefficient (Wildman–Crippen LogP) is 1.85. The lowest BCUT2D eigenvalue weighted by molar-refractivity contribution is 0.0522. The van der Waals surface area contributed by atoms with Crippen LogP contribution in [0.3, 0.4) is 0 Å². The summed E-state index contributed by atoms with van der Waals surface area (Å²) in [6, 6.07) is 1.13. The van der Waals surface area contributed by atoms with E-state index in [0.717, 1.165) is 0 Å². The van der Waals surface area contributed by atoms with Gasteiger partial charge in [-0.05, 0) is 13.0 Å². The van der Waals surface area contributed by atoms with E-state index in [9.17, 15) is 13.6 Å². The van der Waals surface area contributed by atoms with Crippen LogP contribution in [0.2, 0.25) is 0 Å². The maximum atomic E-state index is 12.7. The van der Waals surface area contributed by atoms with Crippen molar-refractivity contribution in [2.45, 2.75) is 6.92 Å². The fourth-order valence-corrected chi connectivity index (χ4v) is 0.909. The summed E-state index contributed by atoms with van der Waals surface area (Å²) in [5, 5.41) is 9.11. The third kappa shape index (κ3) is 1.99. The van der Waals surface area contributed by atoms with Crippen LogP contribution in [-0.4, -0.2) is 17.7 Å². The SMILES string of the molecule is CCOC(=O)c1cc(F)c(F)cc1O. The third-order valence-corrected chi connectivity index (χ3v) is 1.53. The highest BCUT2D eigenvalue weighted by atomic mass is 19.2. The molecule has 1 N–H and O–H groups in total. The van der Waals surface area contributed by atoms with E-state index in [1.165, 1.54) is 0 Å². The highest BCUT2D eigenvalue weighted by Crippen LogP contribution is 2.21. The number of carbonyl (C=O) groups excluding carboxylic acids is 1. The average molecular weight is 202 g/mol. The Balaban J connectivity index is 3.09. The standard InChI is InChI=1S/C9H8F2O3/c1-2-14-9(13)5-3-6(10)7(11)4-8(5)12/h3-4,12H,2H2,1H3. The van der Waals surface area contributed by atoms with Crippen molar-refractivity contribution in [2.24, 2.45) is 0 Å². The van der Waals surface area contributed by atoms with Gasteiger partial charge in [0.05, 0.1) is 6.61 Å². The van der Waals surface area contributed by atoms with Gasteiger partial charge >= 0.3 is 5.97 Å². The van der Waals surface area contributed by atoms with Gasteiger partial charge in [0, 0.05) is 6.07 Å². The van der Waals surface area contributed by atoms with Crippen molar-refractivity contribution >= 4 is 5.97 Å². The molecule has 0 heterocycles. The second kappa shape index (κ2) is 4.04. The zero-order valence-electron chi connectivity index (χ0n) is 7.38. The van der Waals surface area contributed by atoms with E-state index < -0.39 is 23.4 Å². The van der Waals surface area contributed by atoms with Crippen LogP contribution in [-0.2, 0) is 4.74 Å². The van der Waals surface area contributed by atoms with Crippen molar-refractivity contribution in [2.75, 3.05) is 6.61 Å². The van der Waals surface area contributed by atoms with Crippen LogP contribution >= 0.6 is 0 Å². The number of esters is 1. The van der Waals surface area contributed by atoms with Gasteiger partial charge in [-0.1, -0.05) is 0 Å². The van der Waals surface area contributed by atoms with Gasteiger partial charge in [0.25, 0.3) is 0 Å². The minimum Gasteiger partial charge on any atom is -0.507 e. The van der Waals surface area contributed by atoms with E-state index in [-0.39, 0.29) is 12.2 Å². The Morgan fingerprint density at radius 3 is 2.57 bits per heavy atom. The van der Waals surface area contributed by atoms with Gasteiger partial charge < -0.3 is 9.84 Å². The molecule has 0 aromatic heterocycles. The quantitative estimate of drug-likeness (QED) is 0.744. The van der Waals surface area contributed by atoms with Gasteiger partial charge in [0.15, 0.2) is 11.6 Å². The first-order valence-electron chi connectivity index (χ1n) is 3.91. The molecule has 3 nitrogen and oxygen atoms in total. The Labute approximate surface area is 78.9 Å². The van der Waals surface area contributed by atoms with Crippen LogP contribution in [0.25, 0.3) is 0 Å². The third-order valence-electron chi connectivity index (χ3n) is 1.53. The van der Waals surface area contributed by atoms with Crippen LogP contribution in [0.15, 0.2) is 12.1 Å². The minimum absolute atomic E-state index is 0.0945. The lowest BCUT2D eigenvalue weighted by Gasteiger charge is -2.04. The fourth-order valence-electron chi connectivity index (χ4n) is 0.909. The van der Waals surface area contributed by atoms with E-state index in [4.69, 9.17) is 5.11 Å². The molecular formula is C9H8F2O3. The summed E-state index contributed by atoms with van der Waals surface area (Å²) in [4.78, 5) is 11.1. The van der Waals surface area contributed by atoms with Crippen LogP contribution in [0.5, 0.6) is 5.75 Å². The van der Waals surface area contributed by atoms with Crippen molar-refractivity contribution < 1.29 is 23.4 Å². The molecule has 0 bridgehead atoms. The van der Waals surface area contributed by atoms with Gasteiger partial charge in [-0.3, -0.25) is 0 Å². The first kappa shape index (κ1) is 10.4. The van der Waals surface area contributed by atoms with Crippen LogP contribution < -0.4 is 0 Å². The zero-order chi connectivity index (χ0) is 10.7. The molecule has 0 fully saturated rings. The number of phenols is 1. The second-order valence-electron chi connectivity index (χ2n) is 2.50. The molecule has 0 atom stereocenters. The van der Waals surface area contributed by atoms with E-state index >= 15 is 0 Å². The monoisotopic (exact) mass is 202 g/mol. The maximum absolute atomic E-state index is 12.7. The number of halogens is 2. The molecule has 5 heteroatoms. The number of hydrogen-bond donors (Lipinski definition) is 1. The normalized spacial score (nSPS) is 9.93. The molecule has 0 saturated heterocycles. The van der Waals surface area contributed by atoms with E-state index in [1.807, 2.05) is 0 Å². The first-order valence-corrected chi connectivity index (χ1v) is 3.91. The zero-order valence-corrected chi connectivity index (χ0v) is 7.38. The molecule has 0 aliphatic heterocycles. The Hall–Kier alpha value is -1.65. The molecule has 1 rings (SSSR count). The molecule has 0 aliphatic carbocycles. The van der Waals surface area contributed by atoms with E-state index in [0.29, 0.717) is 12.1 Å². The largest absolute Gasteiger partial charge is 0.507 e. The number of phenolic OH excluding ortho intramolecular Hbond substituents is 1. The molecule has 14 heavy (non-hydrogen) atoms. The number of aromatic hydroxyl groups is 1. The Bertz CT molecular complexity index is 363. The number of benzene rings is 1. The van der Waals surface area contributed by atoms with Crippen molar-refractivity contribution in [3.05, 3.63) is 29.3 Å². The van der Waals surface area contributed by atoms with Crippen molar-refractivity contribution in [1.82, 2.24) is 0 Å². The molecular weight excluding hydrogens is 194 g/mol. The molecule has 0 saturated carbocycles. The molecule has 0 radical (unpaired) electrons. The van der Waals surface area contributed by atoms with Crippen molar-refractivity contribution in [3.63, 3.8) is 0 Å². The minimum atomic E-state index is -1.21. The van der Waals surface area contributed by atoms with Gasteiger partial charge in [-0.25, -0.2) is 13.6 Å². The maximum Gasteiger partial charge on any atom is 0.342 e. The van der Waals surface area contributed by atoms with Crippen molar-refractivity contribution in [3.8, 4) is 5.75 Å². The topological polar surface area (TPSA) is 46.5 Å². The highest BCUT2D eigenvalue weighted by Gasteiger charge is 2.16. The summed E-state index contributed by atoms with van der Waals surface area (Å²) in [5.41, 5.74) is -0.384. The summed E-state index contributed by atoms with van der Waals surface area (Å²) >= 11 is 0. The average Bonchev–Trinajstić information content (AvgIpc) is 2.11. The van der Waals surface area contributed by atoms with Crippen LogP contribution in [0, 0.1) is 11.6 Å². The Kier molecular flexibility index (Phi) is 3.01. The van der Waals surface area contributed by atoms with Crippen LogP contribution in [0.1, 0.15) is 17.3 Å². The predicted molar refractivity (Wildman–Crippen MR) is 44.0 cm³/mol. The van der Waals surface area contributed by atoms with Gasteiger partial charge in [-0.15, -0.1) is 0 Å². The summed E-state index contributed by atoms with van der Waals surface area (Å²) in [7, 11) is 0. The number of rotatable bonds is 2. The van der Waals surface area contributed by atoms with Gasteiger partial charge in [-0.2, -0.15) is 0 Å².